The van der Waals surface area contributed by atoms with Gasteiger partial charge in [0.05, 0.1) is 30.2 Å². The number of halogens is 2. The summed E-state index contributed by atoms with van der Waals surface area (Å²) in [6.07, 6.45) is 5.21. The molecular weight excluding hydrogens is 365 g/mol. The summed E-state index contributed by atoms with van der Waals surface area (Å²) >= 11 is 12.4. The molecule has 1 unspecified atom stereocenters. The van der Waals surface area contributed by atoms with E-state index in [-0.39, 0.29) is 16.7 Å². The molecule has 0 aliphatic heterocycles. The molecule has 0 saturated heterocycles. The zero-order chi connectivity index (χ0) is 18.4. The Balaban J connectivity index is 2.67. The number of methoxy groups -OCH3 is 2. The number of pyridine rings is 1. The van der Waals surface area contributed by atoms with Gasteiger partial charge in [0.1, 0.15) is 12.9 Å². The van der Waals surface area contributed by atoms with E-state index in [4.69, 9.17) is 37.4 Å². The molecule has 0 fully saturated rings. The third-order valence-corrected chi connectivity index (χ3v) is 4.15. The SMILES string of the molecule is C=CCOc1c(OC)ccc(C(C=O)c2c(Cl)cncc2Cl)c1OC. The molecule has 0 bridgehead atoms. The topological polar surface area (TPSA) is 57.7 Å². The molecule has 2 rings (SSSR count). The molecule has 7 heteroatoms. The van der Waals surface area contributed by atoms with E-state index in [0.717, 1.165) is 6.29 Å². The summed E-state index contributed by atoms with van der Waals surface area (Å²) in [6.45, 7) is 3.88. The first kappa shape index (κ1) is 19.1. The van der Waals surface area contributed by atoms with Gasteiger partial charge in [-0.15, -0.1) is 0 Å². The second-order valence-electron chi connectivity index (χ2n) is 4.95. The van der Waals surface area contributed by atoms with E-state index in [1.165, 1.54) is 26.6 Å². The highest BCUT2D eigenvalue weighted by Crippen LogP contribution is 2.45. The average molecular weight is 382 g/mol. The lowest BCUT2D eigenvalue weighted by Crippen LogP contribution is -2.09. The van der Waals surface area contributed by atoms with Crippen molar-refractivity contribution in [1.29, 1.82) is 0 Å². The van der Waals surface area contributed by atoms with Crippen LogP contribution in [0.3, 0.4) is 0 Å². The summed E-state index contributed by atoms with van der Waals surface area (Å²) in [7, 11) is 3.00. The van der Waals surface area contributed by atoms with Crippen LogP contribution >= 0.6 is 23.2 Å². The van der Waals surface area contributed by atoms with Gasteiger partial charge in [-0.1, -0.05) is 41.9 Å². The number of carbonyl (C=O) groups is 1. The predicted molar refractivity (Wildman–Crippen MR) is 97.4 cm³/mol. The van der Waals surface area contributed by atoms with Crippen LogP contribution in [0.15, 0.2) is 37.2 Å². The Morgan fingerprint density at radius 2 is 1.84 bits per heavy atom. The molecule has 1 heterocycles. The van der Waals surface area contributed by atoms with Crippen molar-refractivity contribution in [3.63, 3.8) is 0 Å². The number of ether oxygens (including phenoxy) is 3. The van der Waals surface area contributed by atoms with Gasteiger partial charge in [0, 0.05) is 23.5 Å². The monoisotopic (exact) mass is 381 g/mol. The van der Waals surface area contributed by atoms with Gasteiger partial charge in [-0.25, -0.2) is 0 Å². The number of rotatable bonds is 8. The summed E-state index contributed by atoms with van der Waals surface area (Å²) in [6, 6.07) is 3.40. The van der Waals surface area contributed by atoms with Crippen molar-refractivity contribution in [3.8, 4) is 17.2 Å². The quantitative estimate of drug-likeness (QED) is 0.503. The van der Waals surface area contributed by atoms with E-state index < -0.39 is 5.92 Å². The Bertz CT molecular complexity index is 760. The molecule has 0 saturated carbocycles. The fourth-order valence-corrected chi connectivity index (χ4v) is 3.07. The van der Waals surface area contributed by atoms with Crippen LogP contribution in [0.5, 0.6) is 17.2 Å². The first-order valence-electron chi connectivity index (χ1n) is 7.31. The molecule has 0 amide bonds. The average Bonchev–Trinajstić information content (AvgIpc) is 2.62. The molecule has 25 heavy (non-hydrogen) atoms. The summed E-state index contributed by atoms with van der Waals surface area (Å²) < 4.78 is 16.5. The molecule has 132 valence electrons. The summed E-state index contributed by atoms with van der Waals surface area (Å²) in [5.74, 6) is 0.451. The Morgan fingerprint density at radius 3 is 2.36 bits per heavy atom. The van der Waals surface area contributed by atoms with Crippen molar-refractivity contribution in [2.24, 2.45) is 0 Å². The van der Waals surface area contributed by atoms with Gasteiger partial charge in [0.25, 0.3) is 0 Å². The van der Waals surface area contributed by atoms with Crippen molar-refractivity contribution < 1.29 is 19.0 Å². The summed E-state index contributed by atoms with van der Waals surface area (Å²) in [5.41, 5.74) is 0.999. The van der Waals surface area contributed by atoms with Crippen LogP contribution in [0.1, 0.15) is 17.0 Å². The Kier molecular flexibility index (Phi) is 6.67. The van der Waals surface area contributed by atoms with Gasteiger partial charge in [0.15, 0.2) is 11.5 Å². The maximum Gasteiger partial charge on any atom is 0.204 e. The third kappa shape index (κ3) is 3.89. The van der Waals surface area contributed by atoms with Crippen molar-refractivity contribution in [1.82, 2.24) is 4.98 Å². The number of nitrogens with zero attached hydrogens (tertiary/aromatic N) is 1. The highest BCUT2D eigenvalue weighted by Gasteiger charge is 2.27. The Labute approximate surface area is 156 Å². The van der Waals surface area contributed by atoms with Gasteiger partial charge >= 0.3 is 0 Å². The van der Waals surface area contributed by atoms with Crippen LogP contribution in [0.4, 0.5) is 0 Å². The molecular formula is C18H17Cl2NO4. The fraction of sp³-hybridized carbons (Fsp3) is 0.222. The van der Waals surface area contributed by atoms with Crippen LogP contribution in [0, 0.1) is 0 Å². The molecule has 1 aromatic heterocycles. The van der Waals surface area contributed by atoms with Gasteiger partial charge in [0.2, 0.25) is 5.75 Å². The summed E-state index contributed by atoms with van der Waals surface area (Å²) in [4.78, 5) is 15.8. The standard InChI is InChI=1S/C18H17Cl2NO4/c1-4-7-25-18-15(23-2)6-5-11(17(18)24-3)12(10-22)16-13(19)8-21-9-14(16)20/h4-6,8-10,12H,1,7H2,2-3H3. The molecule has 0 aliphatic carbocycles. The molecule has 0 radical (unpaired) electrons. The van der Waals surface area contributed by atoms with Crippen LogP contribution in [-0.2, 0) is 4.79 Å². The Hall–Kier alpha value is -2.24. The maximum absolute atomic E-state index is 11.9. The smallest absolute Gasteiger partial charge is 0.204 e. The molecule has 5 nitrogen and oxygen atoms in total. The molecule has 0 spiro atoms. The van der Waals surface area contributed by atoms with Crippen molar-refractivity contribution in [2.75, 3.05) is 20.8 Å². The summed E-state index contributed by atoms with van der Waals surface area (Å²) in [5, 5.41) is 0.576. The van der Waals surface area contributed by atoms with Crippen molar-refractivity contribution >= 4 is 29.5 Å². The molecule has 0 aliphatic rings. The van der Waals surface area contributed by atoms with E-state index in [0.29, 0.717) is 28.4 Å². The van der Waals surface area contributed by atoms with E-state index in [2.05, 4.69) is 11.6 Å². The zero-order valence-corrected chi connectivity index (χ0v) is 15.3. The normalized spacial score (nSPS) is 11.5. The number of aromatic nitrogens is 1. The molecule has 0 N–H and O–H groups in total. The Morgan fingerprint density at radius 1 is 1.16 bits per heavy atom. The largest absolute Gasteiger partial charge is 0.493 e. The highest BCUT2D eigenvalue weighted by atomic mass is 35.5. The van der Waals surface area contributed by atoms with Crippen LogP contribution < -0.4 is 14.2 Å². The lowest BCUT2D eigenvalue weighted by atomic mass is 9.92. The maximum atomic E-state index is 11.9. The van der Waals surface area contributed by atoms with E-state index >= 15 is 0 Å². The van der Waals surface area contributed by atoms with Gasteiger partial charge in [-0.2, -0.15) is 0 Å². The van der Waals surface area contributed by atoms with Crippen LogP contribution in [0.2, 0.25) is 10.0 Å². The lowest BCUT2D eigenvalue weighted by molar-refractivity contribution is -0.108. The minimum atomic E-state index is -0.755. The fourth-order valence-electron chi connectivity index (χ4n) is 2.47. The number of hydrogen-bond acceptors (Lipinski definition) is 5. The number of aldehydes is 1. The third-order valence-electron chi connectivity index (χ3n) is 3.55. The van der Waals surface area contributed by atoms with Gasteiger partial charge < -0.3 is 19.0 Å². The van der Waals surface area contributed by atoms with Crippen LogP contribution in [0.25, 0.3) is 0 Å². The number of benzene rings is 1. The highest BCUT2D eigenvalue weighted by molar-refractivity contribution is 6.36. The first-order valence-corrected chi connectivity index (χ1v) is 8.07. The minimum Gasteiger partial charge on any atom is -0.493 e. The van der Waals surface area contributed by atoms with Crippen molar-refractivity contribution in [3.05, 3.63) is 58.4 Å². The molecule has 1 atom stereocenters. The minimum absolute atomic E-state index is 0.249. The van der Waals surface area contributed by atoms with Crippen LogP contribution in [-0.4, -0.2) is 32.1 Å². The second kappa shape index (κ2) is 8.74. The molecule has 1 aromatic carbocycles. The van der Waals surface area contributed by atoms with Gasteiger partial charge in [-0.3, -0.25) is 4.98 Å². The lowest BCUT2D eigenvalue weighted by Gasteiger charge is -2.21. The van der Waals surface area contributed by atoms with E-state index in [1.807, 2.05) is 0 Å². The van der Waals surface area contributed by atoms with E-state index in [1.54, 1.807) is 18.2 Å². The van der Waals surface area contributed by atoms with Gasteiger partial charge in [-0.05, 0) is 6.07 Å². The predicted octanol–water partition coefficient (Wildman–Crippen LogP) is 4.30. The second-order valence-corrected chi connectivity index (χ2v) is 5.76. The number of hydrogen-bond donors (Lipinski definition) is 0. The van der Waals surface area contributed by atoms with Crippen molar-refractivity contribution in [2.45, 2.75) is 5.92 Å². The first-order chi connectivity index (χ1) is 12.1. The molecule has 2 aromatic rings. The van der Waals surface area contributed by atoms with E-state index in [9.17, 15) is 4.79 Å². The zero-order valence-electron chi connectivity index (χ0n) is 13.8. The number of carbonyl (C=O) groups excluding carboxylic acids is 1.